The van der Waals surface area contributed by atoms with E-state index in [0.29, 0.717) is 0 Å². The molecular formula is C10H10N3O3+. The van der Waals surface area contributed by atoms with Gasteiger partial charge in [-0.25, -0.2) is 4.79 Å². The number of benzene rings is 1. The molecule has 1 heterocycles. The largest absolute Gasteiger partial charge is 0.453 e. The van der Waals surface area contributed by atoms with Crippen LogP contribution >= 0.6 is 0 Å². The molecule has 0 saturated carbocycles. The van der Waals surface area contributed by atoms with E-state index in [2.05, 4.69) is 15.3 Å². The molecule has 0 saturated heterocycles. The predicted molar refractivity (Wildman–Crippen MR) is 54.1 cm³/mol. The van der Waals surface area contributed by atoms with Gasteiger partial charge in [0.25, 0.3) is 6.20 Å². The van der Waals surface area contributed by atoms with Gasteiger partial charge in [-0.3, -0.25) is 9.84 Å². The van der Waals surface area contributed by atoms with Gasteiger partial charge in [-0.1, -0.05) is 18.2 Å². The number of methoxy groups -OCH3 is 1. The summed E-state index contributed by atoms with van der Waals surface area (Å²) in [5, 5.41) is 6.12. The number of nitrogens with zero attached hydrogens (tertiary/aromatic N) is 2. The van der Waals surface area contributed by atoms with E-state index in [1.54, 1.807) is 6.20 Å². The molecule has 0 aliphatic carbocycles. The van der Waals surface area contributed by atoms with Crippen molar-refractivity contribution in [2.24, 2.45) is 0 Å². The van der Waals surface area contributed by atoms with E-state index in [1.165, 1.54) is 11.8 Å². The van der Waals surface area contributed by atoms with Crippen molar-refractivity contribution in [3.8, 4) is 5.69 Å². The van der Waals surface area contributed by atoms with E-state index in [9.17, 15) is 4.79 Å². The lowest BCUT2D eigenvalue weighted by atomic mass is 10.3. The Hall–Kier alpha value is -2.37. The minimum atomic E-state index is -0.601. The van der Waals surface area contributed by atoms with Gasteiger partial charge in [0.2, 0.25) is 11.0 Å². The minimum absolute atomic E-state index is 0.218. The highest BCUT2D eigenvalue weighted by Gasteiger charge is 2.15. The molecule has 0 radical (unpaired) electrons. The number of amides is 1. The topological polar surface area (TPSA) is 68.2 Å². The number of aromatic nitrogens is 2. The van der Waals surface area contributed by atoms with Gasteiger partial charge in [0.15, 0.2) is 0 Å². The highest BCUT2D eigenvalue weighted by molar-refractivity contribution is 5.82. The molecule has 6 heteroatoms. The Morgan fingerprint density at radius 3 is 2.88 bits per heavy atom. The maximum absolute atomic E-state index is 10.9. The van der Waals surface area contributed by atoms with Crippen LogP contribution in [0.2, 0.25) is 0 Å². The summed E-state index contributed by atoms with van der Waals surface area (Å²) < 4.78 is 10.8. The second kappa shape index (κ2) is 4.43. The summed E-state index contributed by atoms with van der Waals surface area (Å²) in [5.74, 6) is 0.218. The van der Waals surface area contributed by atoms with E-state index in [-0.39, 0.29) is 5.88 Å². The lowest BCUT2D eigenvalue weighted by molar-refractivity contribution is -0.670. The van der Waals surface area contributed by atoms with Crippen LogP contribution in [0.3, 0.4) is 0 Å². The Morgan fingerprint density at radius 2 is 2.19 bits per heavy atom. The van der Waals surface area contributed by atoms with E-state index in [0.717, 1.165) is 5.69 Å². The highest BCUT2D eigenvalue weighted by Crippen LogP contribution is 2.04. The Bertz CT molecular complexity index is 481. The van der Waals surface area contributed by atoms with Gasteiger partial charge < -0.3 is 4.74 Å². The molecular weight excluding hydrogens is 210 g/mol. The zero-order valence-electron chi connectivity index (χ0n) is 8.58. The average Bonchev–Trinajstić information content (AvgIpc) is 2.78. The van der Waals surface area contributed by atoms with Crippen LogP contribution in [0.4, 0.5) is 10.7 Å². The molecule has 0 aliphatic rings. The summed E-state index contributed by atoms with van der Waals surface area (Å²) in [6.45, 7) is 0. The molecule has 82 valence electrons. The molecule has 16 heavy (non-hydrogen) atoms. The first-order chi connectivity index (χ1) is 7.79. The van der Waals surface area contributed by atoms with Crippen molar-refractivity contribution in [2.75, 3.05) is 12.4 Å². The number of hydrogen-bond acceptors (Lipinski definition) is 4. The number of nitrogens with one attached hydrogen (secondary N) is 1. The molecule has 0 bridgehead atoms. The van der Waals surface area contributed by atoms with Crippen LogP contribution in [-0.2, 0) is 4.74 Å². The first-order valence-corrected chi connectivity index (χ1v) is 4.58. The molecule has 2 rings (SSSR count). The van der Waals surface area contributed by atoms with Gasteiger partial charge in [-0.2, -0.15) is 0 Å². The second-order valence-electron chi connectivity index (χ2n) is 2.96. The van der Waals surface area contributed by atoms with Crippen molar-refractivity contribution in [3.05, 3.63) is 36.5 Å². The SMILES string of the molecule is COC(=O)Nc1c[n+](-c2ccccc2)no1. The summed E-state index contributed by atoms with van der Waals surface area (Å²) in [6, 6.07) is 9.39. The summed E-state index contributed by atoms with van der Waals surface area (Å²) >= 11 is 0. The van der Waals surface area contributed by atoms with Crippen LogP contribution in [-0.4, -0.2) is 18.5 Å². The van der Waals surface area contributed by atoms with Gasteiger partial charge in [0.1, 0.15) is 0 Å². The monoisotopic (exact) mass is 220 g/mol. The summed E-state index contributed by atoms with van der Waals surface area (Å²) in [4.78, 5) is 10.9. The van der Waals surface area contributed by atoms with Crippen molar-refractivity contribution >= 4 is 12.0 Å². The van der Waals surface area contributed by atoms with E-state index in [1.807, 2.05) is 30.3 Å². The molecule has 0 unspecified atom stereocenters. The molecule has 1 aromatic heterocycles. The molecule has 0 atom stereocenters. The van der Waals surface area contributed by atoms with Gasteiger partial charge in [-0.05, 0) is 4.68 Å². The number of carbonyl (C=O) groups excluding carboxylic acids is 1. The number of anilines is 1. The van der Waals surface area contributed by atoms with Crippen LogP contribution in [0, 0.1) is 0 Å². The highest BCUT2D eigenvalue weighted by atomic mass is 16.5. The molecule has 0 aliphatic heterocycles. The first-order valence-electron chi connectivity index (χ1n) is 4.58. The molecule has 2 aromatic rings. The third-order valence-corrected chi connectivity index (χ3v) is 1.90. The predicted octanol–water partition coefficient (Wildman–Crippen LogP) is 1.13. The van der Waals surface area contributed by atoms with Crippen LogP contribution in [0.15, 0.2) is 41.1 Å². The average molecular weight is 220 g/mol. The van der Waals surface area contributed by atoms with Gasteiger partial charge in [0.05, 0.1) is 7.11 Å². The molecule has 1 aromatic carbocycles. The van der Waals surface area contributed by atoms with Crippen LogP contribution < -0.4 is 10.00 Å². The lowest BCUT2D eigenvalue weighted by Gasteiger charge is -1.93. The van der Waals surface area contributed by atoms with Crippen LogP contribution in [0.25, 0.3) is 5.69 Å². The second-order valence-corrected chi connectivity index (χ2v) is 2.96. The third-order valence-electron chi connectivity index (χ3n) is 1.90. The van der Waals surface area contributed by atoms with Crippen LogP contribution in [0.1, 0.15) is 0 Å². The van der Waals surface area contributed by atoms with Crippen molar-refractivity contribution in [1.29, 1.82) is 0 Å². The fourth-order valence-corrected chi connectivity index (χ4v) is 1.16. The normalized spacial score (nSPS) is 9.81. The molecule has 0 fully saturated rings. The standard InChI is InChI=1S/C10H9N3O3/c1-15-10(14)11-9-7-13(12-16-9)8-5-3-2-4-6-8/h2-7H,1H3/p+1. The smallest absolute Gasteiger partial charge is 0.413 e. The zero-order valence-corrected chi connectivity index (χ0v) is 8.58. The van der Waals surface area contributed by atoms with E-state index >= 15 is 0 Å². The van der Waals surface area contributed by atoms with Crippen LogP contribution in [0.5, 0.6) is 0 Å². The first kappa shape index (κ1) is 10.2. The lowest BCUT2D eigenvalue weighted by Crippen LogP contribution is -2.31. The van der Waals surface area contributed by atoms with Gasteiger partial charge >= 0.3 is 12.0 Å². The summed E-state index contributed by atoms with van der Waals surface area (Å²) in [6.07, 6.45) is 0.947. The van der Waals surface area contributed by atoms with Gasteiger partial charge in [-0.15, -0.1) is 0 Å². The Labute approximate surface area is 91.4 Å². The minimum Gasteiger partial charge on any atom is -0.453 e. The maximum atomic E-state index is 10.9. The number of hydrogen-bond donors (Lipinski definition) is 1. The number of rotatable bonds is 2. The molecule has 1 N–H and O–H groups in total. The Balaban J connectivity index is 2.17. The summed E-state index contributed by atoms with van der Waals surface area (Å²) in [7, 11) is 1.27. The van der Waals surface area contributed by atoms with Crippen molar-refractivity contribution in [1.82, 2.24) is 5.27 Å². The number of carbonyl (C=O) groups is 1. The molecule has 1 amide bonds. The van der Waals surface area contributed by atoms with Crippen molar-refractivity contribution < 1.29 is 18.7 Å². The van der Waals surface area contributed by atoms with Crippen molar-refractivity contribution in [2.45, 2.75) is 0 Å². The molecule has 6 nitrogen and oxygen atoms in total. The number of para-hydroxylation sites is 1. The Morgan fingerprint density at radius 1 is 1.44 bits per heavy atom. The van der Waals surface area contributed by atoms with E-state index in [4.69, 9.17) is 4.52 Å². The third kappa shape index (κ3) is 2.17. The number of ether oxygens (including phenoxy) is 1. The van der Waals surface area contributed by atoms with Gasteiger partial charge in [0, 0.05) is 12.1 Å². The molecule has 0 spiro atoms. The zero-order chi connectivity index (χ0) is 11.4. The summed E-state index contributed by atoms with van der Waals surface area (Å²) in [5.41, 5.74) is 0.837. The Kier molecular flexibility index (Phi) is 2.81. The fraction of sp³-hybridized carbons (Fsp3) is 0.100. The quantitative estimate of drug-likeness (QED) is 0.770. The van der Waals surface area contributed by atoms with E-state index < -0.39 is 6.09 Å². The fourth-order valence-electron chi connectivity index (χ4n) is 1.16. The maximum Gasteiger partial charge on any atom is 0.413 e. The van der Waals surface area contributed by atoms with Crippen molar-refractivity contribution in [3.63, 3.8) is 0 Å².